The minimum Gasteiger partial charge on any atom is -0.429 e. The lowest BCUT2D eigenvalue weighted by Crippen LogP contribution is -2.43. The molecule has 16 heavy (non-hydrogen) atoms. The molecule has 0 aromatic heterocycles. The maximum atomic E-state index is 10.9. The van der Waals surface area contributed by atoms with Crippen molar-refractivity contribution in [1.82, 2.24) is 0 Å². The number of aliphatic hydroxyl groups is 2. The van der Waals surface area contributed by atoms with Crippen molar-refractivity contribution in [3.63, 3.8) is 0 Å². The van der Waals surface area contributed by atoms with Crippen molar-refractivity contribution in [2.75, 3.05) is 13.6 Å². The normalized spacial score (nSPS) is 24.5. The number of aliphatic hydroxyl groups excluding tert-OH is 2. The number of carbonyl (C=O) groups excluding carboxylic acids is 1. The first kappa shape index (κ1) is 13.0. The largest absolute Gasteiger partial charge is 0.513 e. The van der Waals surface area contributed by atoms with Crippen LogP contribution < -0.4 is 0 Å². The van der Waals surface area contributed by atoms with Gasteiger partial charge >= 0.3 is 6.16 Å². The Balaban J connectivity index is 2.62. The van der Waals surface area contributed by atoms with Gasteiger partial charge in [0.25, 0.3) is 7.28 Å². The number of hydrogen-bond donors (Lipinski definition) is 2. The monoisotopic (exact) mass is 231 g/mol. The zero-order valence-electron chi connectivity index (χ0n) is 8.71. The van der Waals surface area contributed by atoms with E-state index in [2.05, 4.69) is 11.3 Å². The van der Waals surface area contributed by atoms with Crippen LogP contribution in [-0.4, -0.2) is 48.9 Å². The summed E-state index contributed by atoms with van der Waals surface area (Å²) >= 11 is 0. The summed E-state index contributed by atoms with van der Waals surface area (Å²) in [5, 5.41) is 17.1. The highest BCUT2D eigenvalue weighted by Crippen LogP contribution is 2.29. The third-order valence-corrected chi connectivity index (χ3v) is 1.99. The molecule has 1 atom stereocenters. The average Bonchev–Trinajstić information content (AvgIpc) is 2.41. The lowest BCUT2D eigenvalue weighted by Gasteiger charge is -2.24. The molecule has 0 saturated carbocycles. The maximum absolute atomic E-state index is 10.9. The maximum Gasteiger partial charge on any atom is 0.513 e. The van der Waals surface area contributed by atoms with Crippen LogP contribution in [0.5, 0.6) is 0 Å². The minimum absolute atomic E-state index is 0.0746. The molecule has 1 aliphatic heterocycles. The second-order valence-corrected chi connectivity index (χ2v) is 3.11. The summed E-state index contributed by atoms with van der Waals surface area (Å²) in [6.07, 6.45) is -1.93. The molecule has 8 heteroatoms. The summed E-state index contributed by atoms with van der Waals surface area (Å²) in [4.78, 5) is 10.9. The fraction of sp³-hybridized carbons (Fsp3) is 0.625. The molecular weight excluding hydrogens is 219 g/mol. The lowest BCUT2D eigenvalue weighted by molar-refractivity contribution is -0.172. The SMILES string of the molecule is C=C1OC(=O)OC1(C)[B]C(OCO)OCO. The second kappa shape index (κ2) is 5.31. The van der Waals surface area contributed by atoms with E-state index in [4.69, 9.17) is 24.4 Å². The van der Waals surface area contributed by atoms with Crippen LogP contribution in [0.3, 0.4) is 0 Å². The third kappa shape index (κ3) is 2.95. The molecule has 2 N–H and O–H groups in total. The lowest BCUT2D eigenvalue weighted by atomic mass is 9.60. The van der Waals surface area contributed by atoms with Gasteiger partial charge in [-0.05, 0) is 6.92 Å². The molecule has 0 bridgehead atoms. The number of carbonyl (C=O) groups is 1. The fourth-order valence-electron chi connectivity index (χ4n) is 1.13. The van der Waals surface area contributed by atoms with Gasteiger partial charge in [0.1, 0.15) is 31.0 Å². The molecule has 1 aliphatic rings. The van der Waals surface area contributed by atoms with Crippen LogP contribution in [0.15, 0.2) is 12.3 Å². The Bertz CT molecular complexity index is 276. The van der Waals surface area contributed by atoms with Crippen LogP contribution in [0.2, 0.25) is 0 Å². The molecule has 0 aliphatic carbocycles. The predicted octanol–water partition coefficient (Wildman–Crippen LogP) is -0.696. The van der Waals surface area contributed by atoms with Crippen molar-refractivity contribution in [3.8, 4) is 0 Å². The van der Waals surface area contributed by atoms with E-state index in [1.807, 2.05) is 0 Å². The predicted molar refractivity (Wildman–Crippen MR) is 51.0 cm³/mol. The topological polar surface area (TPSA) is 94.5 Å². The zero-order chi connectivity index (χ0) is 12.2. The molecule has 1 heterocycles. The Kier molecular flexibility index (Phi) is 4.31. The summed E-state index contributed by atoms with van der Waals surface area (Å²) in [7, 11) is 1.30. The van der Waals surface area contributed by atoms with Crippen molar-refractivity contribution >= 4 is 13.4 Å². The molecule has 7 nitrogen and oxygen atoms in total. The number of hydrogen-bond acceptors (Lipinski definition) is 7. The van der Waals surface area contributed by atoms with Gasteiger partial charge in [0.15, 0.2) is 0 Å². The summed E-state index contributed by atoms with van der Waals surface area (Å²) in [5.41, 5.74) is -1.22. The summed E-state index contributed by atoms with van der Waals surface area (Å²) < 4.78 is 18.9. The molecule has 1 saturated heterocycles. The Hall–Kier alpha value is -1.09. The first-order valence-corrected chi connectivity index (χ1v) is 4.43. The van der Waals surface area contributed by atoms with Gasteiger partial charge in [-0.25, -0.2) is 4.79 Å². The van der Waals surface area contributed by atoms with E-state index in [-0.39, 0.29) is 5.76 Å². The van der Waals surface area contributed by atoms with Crippen molar-refractivity contribution in [2.24, 2.45) is 0 Å². The van der Waals surface area contributed by atoms with Crippen molar-refractivity contribution < 1.29 is 34.0 Å². The molecule has 1 unspecified atom stereocenters. The van der Waals surface area contributed by atoms with E-state index in [0.717, 1.165) is 0 Å². The first-order valence-electron chi connectivity index (χ1n) is 4.43. The van der Waals surface area contributed by atoms with Crippen LogP contribution in [0, 0.1) is 0 Å². The number of ether oxygens (including phenoxy) is 4. The van der Waals surface area contributed by atoms with Crippen LogP contribution in [0.4, 0.5) is 4.79 Å². The Morgan fingerprint density at radius 1 is 1.50 bits per heavy atom. The van der Waals surface area contributed by atoms with Crippen LogP contribution in [-0.2, 0) is 18.9 Å². The third-order valence-electron chi connectivity index (χ3n) is 1.99. The molecule has 0 spiro atoms. The molecule has 0 aromatic rings. The van der Waals surface area contributed by atoms with E-state index < -0.39 is 31.4 Å². The standard InChI is InChI=1S/C8H12BO7/c1-5-8(2,16-7(12)15-5)9-6(13-3-10)14-4-11/h6,10-11H,1,3-4H2,2H3. The van der Waals surface area contributed by atoms with Crippen molar-refractivity contribution in [2.45, 2.75) is 18.6 Å². The zero-order valence-corrected chi connectivity index (χ0v) is 8.71. The minimum atomic E-state index is -1.22. The Morgan fingerprint density at radius 2 is 2.06 bits per heavy atom. The van der Waals surface area contributed by atoms with Gasteiger partial charge in [-0.2, -0.15) is 0 Å². The number of rotatable bonds is 6. The van der Waals surface area contributed by atoms with Crippen molar-refractivity contribution in [3.05, 3.63) is 12.3 Å². The average molecular weight is 231 g/mol. The highest BCUT2D eigenvalue weighted by atomic mass is 16.8. The smallest absolute Gasteiger partial charge is 0.429 e. The Labute approximate surface area is 92.8 Å². The summed E-state index contributed by atoms with van der Waals surface area (Å²) in [6.45, 7) is 3.78. The highest BCUT2D eigenvalue weighted by Gasteiger charge is 2.45. The van der Waals surface area contributed by atoms with Gasteiger partial charge in [0, 0.05) is 0 Å². The summed E-state index contributed by atoms with van der Waals surface area (Å²) in [5.74, 6) is 0.0746. The highest BCUT2D eigenvalue weighted by molar-refractivity contribution is 6.42. The van der Waals surface area contributed by atoms with Gasteiger partial charge < -0.3 is 29.2 Å². The summed E-state index contributed by atoms with van der Waals surface area (Å²) in [6, 6.07) is 0. The van der Waals surface area contributed by atoms with Gasteiger partial charge in [0.05, 0.1) is 0 Å². The van der Waals surface area contributed by atoms with Crippen LogP contribution in [0.1, 0.15) is 6.92 Å². The van der Waals surface area contributed by atoms with Gasteiger partial charge in [0.2, 0.25) is 0 Å². The molecule has 1 rings (SSSR count). The fourth-order valence-corrected chi connectivity index (χ4v) is 1.13. The van der Waals surface area contributed by atoms with Crippen LogP contribution >= 0.6 is 0 Å². The second-order valence-electron chi connectivity index (χ2n) is 3.11. The van der Waals surface area contributed by atoms with Crippen molar-refractivity contribution in [1.29, 1.82) is 0 Å². The molecular formula is C8H12BO7. The van der Waals surface area contributed by atoms with E-state index in [1.54, 1.807) is 0 Å². The van der Waals surface area contributed by atoms with E-state index in [0.29, 0.717) is 0 Å². The quantitative estimate of drug-likeness (QED) is 0.354. The molecule has 1 radical (unpaired) electrons. The first-order chi connectivity index (χ1) is 7.51. The van der Waals surface area contributed by atoms with E-state index in [1.165, 1.54) is 14.2 Å². The Morgan fingerprint density at radius 3 is 2.44 bits per heavy atom. The van der Waals surface area contributed by atoms with Crippen LogP contribution in [0.25, 0.3) is 0 Å². The van der Waals surface area contributed by atoms with E-state index >= 15 is 0 Å². The van der Waals surface area contributed by atoms with E-state index in [9.17, 15) is 4.79 Å². The van der Waals surface area contributed by atoms with Gasteiger partial charge in [-0.3, -0.25) is 0 Å². The molecule has 0 amide bonds. The molecule has 1 fully saturated rings. The molecule has 0 aromatic carbocycles. The van der Waals surface area contributed by atoms with Gasteiger partial charge in [-0.15, -0.1) is 0 Å². The number of cyclic esters (lactones) is 2. The molecule has 89 valence electrons. The van der Waals surface area contributed by atoms with Gasteiger partial charge in [-0.1, -0.05) is 6.58 Å².